The van der Waals surface area contributed by atoms with Crippen molar-refractivity contribution in [3.8, 4) is 5.75 Å². The fourth-order valence-corrected chi connectivity index (χ4v) is 2.20. The molecule has 138 valence electrons. The van der Waals surface area contributed by atoms with Crippen molar-refractivity contribution in [3.05, 3.63) is 64.7 Å². The third kappa shape index (κ3) is 5.81. The standard InChI is InChI=1S/C19H17ClF3NO2/c1-2-11-26-15-7-3-13(4-8-15)5-10-18(25)24-17-12-14(19(21,22)23)6-9-16(17)20/h3-10,12H,2,11H2,1H3,(H,24,25)/b10-5+. The van der Waals surface area contributed by atoms with Crippen LogP contribution in [-0.2, 0) is 11.0 Å². The lowest BCUT2D eigenvalue weighted by Gasteiger charge is -2.10. The lowest BCUT2D eigenvalue weighted by molar-refractivity contribution is -0.137. The third-order valence-electron chi connectivity index (χ3n) is 3.33. The summed E-state index contributed by atoms with van der Waals surface area (Å²) in [6.45, 7) is 2.63. The minimum Gasteiger partial charge on any atom is -0.494 e. The number of ether oxygens (including phenoxy) is 1. The van der Waals surface area contributed by atoms with Crippen LogP contribution < -0.4 is 10.1 Å². The predicted octanol–water partition coefficient (Wildman–Crippen LogP) is 5.80. The summed E-state index contributed by atoms with van der Waals surface area (Å²) in [5, 5.41) is 2.38. The van der Waals surface area contributed by atoms with Crippen LogP contribution in [0.25, 0.3) is 6.08 Å². The zero-order valence-electron chi connectivity index (χ0n) is 13.9. The van der Waals surface area contributed by atoms with Crippen LogP contribution in [0.5, 0.6) is 5.75 Å². The van der Waals surface area contributed by atoms with Crippen molar-refractivity contribution < 1.29 is 22.7 Å². The second-order valence-electron chi connectivity index (χ2n) is 5.43. The maximum Gasteiger partial charge on any atom is 0.416 e. The van der Waals surface area contributed by atoms with E-state index in [-0.39, 0.29) is 10.7 Å². The molecule has 2 rings (SSSR count). The first kappa shape index (κ1) is 19.8. The molecule has 0 aliphatic rings. The van der Waals surface area contributed by atoms with E-state index < -0.39 is 17.6 Å². The van der Waals surface area contributed by atoms with E-state index >= 15 is 0 Å². The van der Waals surface area contributed by atoms with Gasteiger partial charge in [0.25, 0.3) is 0 Å². The Morgan fingerprint density at radius 3 is 2.50 bits per heavy atom. The van der Waals surface area contributed by atoms with Gasteiger partial charge in [-0.15, -0.1) is 0 Å². The maximum absolute atomic E-state index is 12.7. The van der Waals surface area contributed by atoms with Crippen molar-refractivity contribution in [2.45, 2.75) is 19.5 Å². The quantitative estimate of drug-likeness (QED) is 0.640. The van der Waals surface area contributed by atoms with Crippen LogP contribution in [0.15, 0.2) is 48.5 Å². The van der Waals surface area contributed by atoms with Gasteiger partial charge in [-0.05, 0) is 48.4 Å². The molecule has 0 atom stereocenters. The van der Waals surface area contributed by atoms with Crippen LogP contribution in [0.3, 0.4) is 0 Å². The lowest BCUT2D eigenvalue weighted by Crippen LogP contribution is -2.11. The highest BCUT2D eigenvalue weighted by Gasteiger charge is 2.31. The molecule has 7 heteroatoms. The van der Waals surface area contributed by atoms with E-state index in [1.165, 1.54) is 6.08 Å². The number of amides is 1. The highest BCUT2D eigenvalue weighted by Crippen LogP contribution is 2.33. The van der Waals surface area contributed by atoms with Crippen LogP contribution in [0.1, 0.15) is 24.5 Å². The Balaban J connectivity index is 2.03. The Labute approximate surface area is 154 Å². The van der Waals surface area contributed by atoms with Crippen LogP contribution in [0.4, 0.5) is 18.9 Å². The molecule has 0 radical (unpaired) electrons. The maximum atomic E-state index is 12.7. The van der Waals surface area contributed by atoms with Gasteiger partial charge in [0, 0.05) is 6.08 Å². The van der Waals surface area contributed by atoms with E-state index in [1.54, 1.807) is 30.3 Å². The van der Waals surface area contributed by atoms with Crippen molar-refractivity contribution in [3.63, 3.8) is 0 Å². The molecule has 2 aromatic carbocycles. The first-order valence-electron chi connectivity index (χ1n) is 7.88. The minimum absolute atomic E-state index is 0.0252. The first-order valence-corrected chi connectivity index (χ1v) is 8.26. The normalized spacial score (nSPS) is 11.6. The summed E-state index contributed by atoms with van der Waals surface area (Å²) in [5.74, 6) is 0.140. The second kappa shape index (κ2) is 8.76. The average Bonchev–Trinajstić information content (AvgIpc) is 2.60. The van der Waals surface area contributed by atoms with Crippen LogP contribution >= 0.6 is 11.6 Å². The van der Waals surface area contributed by atoms with Crippen molar-refractivity contribution >= 4 is 29.3 Å². The van der Waals surface area contributed by atoms with Gasteiger partial charge >= 0.3 is 6.18 Å². The molecule has 1 N–H and O–H groups in total. The summed E-state index contributed by atoms with van der Waals surface area (Å²) in [6, 6.07) is 9.84. The highest BCUT2D eigenvalue weighted by atomic mass is 35.5. The van der Waals surface area contributed by atoms with Gasteiger partial charge in [0.15, 0.2) is 0 Å². The molecule has 1 amide bonds. The molecule has 0 bridgehead atoms. The molecular weight excluding hydrogens is 367 g/mol. The topological polar surface area (TPSA) is 38.3 Å². The summed E-state index contributed by atoms with van der Waals surface area (Å²) in [4.78, 5) is 11.9. The van der Waals surface area contributed by atoms with Crippen LogP contribution in [0, 0.1) is 0 Å². The Kier molecular flexibility index (Phi) is 6.69. The monoisotopic (exact) mass is 383 g/mol. The molecule has 0 unspecified atom stereocenters. The van der Waals surface area contributed by atoms with Gasteiger partial charge in [0.05, 0.1) is 22.9 Å². The van der Waals surface area contributed by atoms with Gasteiger partial charge in [-0.25, -0.2) is 0 Å². The molecule has 0 heterocycles. The molecule has 2 aromatic rings. The van der Waals surface area contributed by atoms with Gasteiger partial charge in [-0.3, -0.25) is 4.79 Å². The number of hydrogen-bond donors (Lipinski definition) is 1. The summed E-state index contributed by atoms with van der Waals surface area (Å²) >= 11 is 5.85. The van der Waals surface area contributed by atoms with E-state index in [0.717, 1.165) is 35.9 Å². The number of nitrogens with one attached hydrogen (secondary N) is 1. The molecule has 0 aromatic heterocycles. The van der Waals surface area contributed by atoms with Crippen LogP contribution in [0.2, 0.25) is 5.02 Å². The minimum atomic E-state index is -4.51. The number of carbonyl (C=O) groups is 1. The average molecular weight is 384 g/mol. The lowest BCUT2D eigenvalue weighted by atomic mass is 10.2. The molecular formula is C19H17ClF3NO2. The molecule has 0 fully saturated rings. The van der Waals surface area contributed by atoms with Gasteiger partial charge < -0.3 is 10.1 Å². The zero-order valence-corrected chi connectivity index (χ0v) is 14.7. The fraction of sp³-hybridized carbons (Fsp3) is 0.211. The first-order chi connectivity index (χ1) is 12.3. The van der Waals surface area contributed by atoms with Crippen molar-refractivity contribution in [1.29, 1.82) is 0 Å². The summed E-state index contributed by atoms with van der Waals surface area (Å²) in [5.41, 5.74) is -0.234. The number of carbonyl (C=O) groups excluding carboxylic acids is 1. The highest BCUT2D eigenvalue weighted by molar-refractivity contribution is 6.33. The third-order valence-corrected chi connectivity index (χ3v) is 3.66. The number of benzene rings is 2. The number of halogens is 4. The van der Waals surface area contributed by atoms with E-state index in [2.05, 4.69) is 5.32 Å². The van der Waals surface area contributed by atoms with Crippen molar-refractivity contribution in [1.82, 2.24) is 0 Å². The van der Waals surface area contributed by atoms with E-state index in [4.69, 9.17) is 16.3 Å². The predicted molar refractivity (Wildman–Crippen MR) is 96.3 cm³/mol. The van der Waals surface area contributed by atoms with Crippen molar-refractivity contribution in [2.75, 3.05) is 11.9 Å². The Hall–Kier alpha value is -2.47. The van der Waals surface area contributed by atoms with Gasteiger partial charge in [-0.1, -0.05) is 30.7 Å². The summed E-state index contributed by atoms with van der Waals surface area (Å²) in [6.07, 6.45) is -0.847. The number of anilines is 1. The Bertz CT molecular complexity index is 786. The Morgan fingerprint density at radius 2 is 1.88 bits per heavy atom. The number of alkyl halides is 3. The summed E-state index contributed by atoms with van der Waals surface area (Å²) in [7, 11) is 0. The Morgan fingerprint density at radius 1 is 1.19 bits per heavy atom. The largest absolute Gasteiger partial charge is 0.494 e. The van der Waals surface area contributed by atoms with E-state index in [9.17, 15) is 18.0 Å². The molecule has 0 aliphatic carbocycles. The summed E-state index contributed by atoms with van der Waals surface area (Å²) < 4.78 is 43.7. The molecule has 0 saturated heterocycles. The molecule has 3 nitrogen and oxygen atoms in total. The number of rotatable bonds is 6. The fourth-order valence-electron chi connectivity index (χ4n) is 2.04. The van der Waals surface area contributed by atoms with E-state index in [1.807, 2.05) is 6.92 Å². The SMILES string of the molecule is CCCOc1ccc(/C=C/C(=O)Nc2cc(C(F)(F)F)ccc2Cl)cc1. The zero-order chi connectivity index (χ0) is 19.2. The molecule has 0 aliphatic heterocycles. The van der Waals surface area contributed by atoms with Crippen LogP contribution in [-0.4, -0.2) is 12.5 Å². The molecule has 26 heavy (non-hydrogen) atoms. The van der Waals surface area contributed by atoms with E-state index in [0.29, 0.717) is 6.61 Å². The van der Waals surface area contributed by atoms with Crippen molar-refractivity contribution in [2.24, 2.45) is 0 Å². The van der Waals surface area contributed by atoms with Gasteiger partial charge in [0.2, 0.25) is 5.91 Å². The second-order valence-corrected chi connectivity index (χ2v) is 5.84. The van der Waals surface area contributed by atoms with Gasteiger partial charge in [0.1, 0.15) is 5.75 Å². The molecule has 0 saturated carbocycles. The molecule has 0 spiro atoms. The number of hydrogen-bond acceptors (Lipinski definition) is 2. The van der Waals surface area contributed by atoms with Gasteiger partial charge in [-0.2, -0.15) is 13.2 Å². The smallest absolute Gasteiger partial charge is 0.416 e.